The Kier molecular flexibility index (Phi) is 5.57. The molecule has 3 aromatic rings. The molecule has 150 valence electrons. The van der Waals surface area contributed by atoms with Crippen molar-refractivity contribution in [1.82, 2.24) is 20.4 Å². The molecule has 1 aliphatic heterocycles. The molecule has 1 N–H and O–H groups in total. The van der Waals surface area contributed by atoms with Gasteiger partial charge in [-0.25, -0.2) is 4.98 Å². The molecule has 1 aliphatic rings. The van der Waals surface area contributed by atoms with Crippen molar-refractivity contribution < 1.29 is 9.32 Å². The fourth-order valence-corrected chi connectivity index (χ4v) is 3.38. The van der Waals surface area contributed by atoms with E-state index in [2.05, 4.69) is 32.3 Å². The molecule has 4 rings (SSSR count). The summed E-state index contributed by atoms with van der Waals surface area (Å²) in [6.07, 6.45) is 1.79. The molecular weight excluding hydrogens is 366 g/mol. The zero-order valence-corrected chi connectivity index (χ0v) is 16.8. The fourth-order valence-electron chi connectivity index (χ4n) is 3.38. The van der Waals surface area contributed by atoms with Gasteiger partial charge >= 0.3 is 0 Å². The van der Waals surface area contributed by atoms with E-state index < -0.39 is 0 Å². The Labute approximate surface area is 170 Å². The maximum absolute atomic E-state index is 12.6. The molecule has 7 heteroatoms. The molecule has 3 heterocycles. The second kappa shape index (κ2) is 8.45. The number of hydrogen-bond donors (Lipinski definition) is 1. The molecule has 0 radical (unpaired) electrons. The number of pyridine rings is 1. The number of piperazine rings is 1. The highest BCUT2D eigenvalue weighted by atomic mass is 16.5. The molecule has 1 fully saturated rings. The van der Waals surface area contributed by atoms with Crippen molar-refractivity contribution in [2.24, 2.45) is 0 Å². The predicted molar refractivity (Wildman–Crippen MR) is 112 cm³/mol. The molecule has 7 nitrogen and oxygen atoms in total. The van der Waals surface area contributed by atoms with Gasteiger partial charge in [0.05, 0.1) is 0 Å². The van der Waals surface area contributed by atoms with Crippen LogP contribution < -0.4 is 10.2 Å². The minimum Gasteiger partial charge on any atom is -0.354 e. The predicted octanol–water partition coefficient (Wildman–Crippen LogP) is 2.73. The van der Waals surface area contributed by atoms with Gasteiger partial charge in [-0.2, -0.15) is 0 Å². The largest absolute Gasteiger partial charge is 0.354 e. The van der Waals surface area contributed by atoms with Gasteiger partial charge in [0, 0.05) is 56.1 Å². The Balaban J connectivity index is 1.42. The SMILES string of the molecule is Cc1ccc(-c2cc(C(=O)NCc3cccnc3N3CCN(C)CC3)on2)cc1. The topological polar surface area (TPSA) is 74.5 Å². The molecule has 29 heavy (non-hydrogen) atoms. The van der Waals surface area contributed by atoms with E-state index in [9.17, 15) is 4.79 Å². The number of amides is 1. The van der Waals surface area contributed by atoms with Crippen LogP contribution in [0, 0.1) is 6.92 Å². The highest BCUT2D eigenvalue weighted by Gasteiger charge is 2.19. The van der Waals surface area contributed by atoms with Crippen LogP contribution in [0.1, 0.15) is 21.7 Å². The number of rotatable bonds is 5. The molecule has 1 aromatic carbocycles. The van der Waals surface area contributed by atoms with Crippen molar-refractivity contribution in [3.8, 4) is 11.3 Å². The molecule has 0 aliphatic carbocycles. The number of likely N-dealkylation sites (N-methyl/N-ethyl adjacent to an activating group) is 1. The molecular formula is C22H25N5O2. The lowest BCUT2D eigenvalue weighted by Gasteiger charge is -2.34. The van der Waals surface area contributed by atoms with Crippen LogP contribution in [0.15, 0.2) is 53.2 Å². The number of hydrogen-bond acceptors (Lipinski definition) is 6. The number of nitrogens with zero attached hydrogens (tertiary/aromatic N) is 4. The van der Waals surface area contributed by atoms with Crippen molar-refractivity contribution in [2.45, 2.75) is 13.5 Å². The normalized spacial score (nSPS) is 14.8. The average Bonchev–Trinajstić information content (AvgIpc) is 3.24. The Morgan fingerprint density at radius 2 is 1.90 bits per heavy atom. The van der Waals surface area contributed by atoms with E-state index in [0.717, 1.165) is 43.1 Å². The minimum absolute atomic E-state index is 0.200. The second-order valence-corrected chi connectivity index (χ2v) is 7.40. The number of carbonyl (C=O) groups excluding carboxylic acids is 1. The highest BCUT2D eigenvalue weighted by molar-refractivity contribution is 5.92. The smallest absolute Gasteiger partial charge is 0.290 e. The first-order valence-corrected chi connectivity index (χ1v) is 9.79. The Hall–Kier alpha value is -3.19. The van der Waals surface area contributed by atoms with Gasteiger partial charge in [0.15, 0.2) is 0 Å². The summed E-state index contributed by atoms with van der Waals surface area (Å²) in [7, 11) is 2.12. The summed E-state index contributed by atoms with van der Waals surface area (Å²) >= 11 is 0. The van der Waals surface area contributed by atoms with Gasteiger partial charge in [0.25, 0.3) is 5.91 Å². The van der Waals surface area contributed by atoms with Gasteiger partial charge in [-0.3, -0.25) is 4.79 Å². The first-order chi connectivity index (χ1) is 14.1. The Morgan fingerprint density at radius 1 is 1.14 bits per heavy atom. The fraction of sp³-hybridized carbons (Fsp3) is 0.318. The molecule has 0 spiro atoms. The molecule has 1 saturated heterocycles. The van der Waals surface area contributed by atoms with Gasteiger partial charge in [-0.1, -0.05) is 41.1 Å². The maximum atomic E-state index is 12.6. The summed E-state index contributed by atoms with van der Waals surface area (Å²) in [4.78, 5) is 21.7. The maximum Gasteiger partial charge on any atom is 0.290 e. The third-order valence-corrected chi connectivity index (χ3v) is 5.19. The highest BCUT2D eigenvalue weighted by Crippen LogP contribution is 2.21. The summed E-state index contributed by atoms with van der Waals surface area (Å²) in [6, 6.07) is 13.5. The van der Waals surface area contributed by atoms with Crippen LogP contribution in [0.4, 0.5) is 5.82 Å². The monoisotopic (exact) mass is 391 g/mol. The van der Waals surface area contributed by atoms with E-state index in [0.29, 0.717) is 12.2 Å². The quantitative estimate of drug-likeness (QED) is 0.721. The number of nitrogens with one attached hydrogen (secondary N) is 1. The summed E-state index contributed by atoms with van der Waals surface area (Å²) in [5.74, 6) is 0.841. The van der Waals surface area contributed by atoms with Gasteiger partial charge in [0.2, 0.25) is 5.76 Å². The zero-order chi connectivity index (χ0) is 20.2. The van der Waals surface area contributed by atoms with E-state index in [4.69, 9.17) is 4.52 Å². The Morgan fingerprint density at radius 3 is 2.66 bits per heavy atom. The lowest BCUT2D eigenvalue weighted by molar-refractivity contribution is 0.0914. The lowest BCUT2D eigenvalue weighted by atomic mass is 10.1. The standard InChI is InChI=1S/C22H25N5O2/c1-16-5-7-17(8-6-16)19-14-20(29-25-19)22(28)24-15-18-4-3-9-23-21(18)27-12-10-26(2)11-13-27/h3-9,14H,10-13,15H2,1-2H3,(H,24,28). The van der Waals surface area contributed by atoms with Crippen molar-refractivity contribution >= 4 is 11.7 Å². The van der Waals surface area contributed by atoms with Gasteiger partial charge < -0.3 is 19.6 Å². The first kappa shape index (κ1) is 19.1. The van der Waals surface area contributed by atoms with Gasteiger partial charge in [0.1, 0.15) is 11.5 Å². The van der Waals surface area contributed by atoms with Crippen LogP contribution in [0.5, 0.6) is 0 Å². The van der Waals surface area contributed by atoms with Crippen molar-refractivity contribution in [3.05, 3.63) is 65.5 Å². The summed E-state index contributed by atoms with van der Waals surface area (Å²) in [5.41, 5.74) is 3.73. The van der Waals surface area contributed by atoms with Crippen LogP contribution in [-0.4, -0.2) is 54.2 Å². The van der Waals surface area contributed by atoms with Crippen molar-refractivity contribution in [1.29, 1.82) is 0 Å². The molecule has 0 saturated carbocycles. The van der Waals surface area contributed by atoms with Gasteiger partial charge in [-0.15, -0.1) is 0 Å². The minimum atomic E-state index is -0.288. The van der Waals surface area contributed by atoms with E-state index >= 15 is 0 Å². The van der Waals surface area contributed by atoms with Crippen LogP contribution in [0.25, 0.3) is 11.3 Å². The third-order valence-electron chi connectivity index (χ3n) is 5.19. The van der Waals surface area contributed by atoms with Crippen LogP contribution in [0.2, 0.25) is 0 Å². The lowest BCUT2D eigenvalue weighted by Crippen LogP contribution is -2.45. The number of benzene rings is 1. The number of anilines is 1. The molecule has 1 amide bonds. The average molecular weight is 391 g/mol. The summed E-state index contributed by atoms with van der Waals surface area (Å²) in [6.45, 7) is 6.27. The summed E-state index contributed by atoms with van der Waals surface area (Å²) < 4.78 is 5.26. The van der Waals surface area contributed by atoms with E-state index in [1.165, 1.54) is 5.56 Å². The second-order valence-electron chi connectivity index (χ2n) is 7.40. The first-order valence-electron chi connectivity index (χ1n) is 9.79. The molecule has 2 aromatic heterocycles. The van der Waals surface area contributed by atoms with Crippen LogP contribution in [-0.2, 0) is 6.54 Å². The Bertz CT molecular complexity index is 975. The van der Waals surface area contributed by atoms with Crippen molar-refractivity contribution in [3.63, 3.8) is 0 Å². The van der Waals surface area contributed by atoms with Crippen LogP contribution >= 0.6 is 0 Å². The third kappa shape index (κ3) is 4.46. The van der Waals surface area contributed by atoms with Crippen molar-refractivity contribution in [2.75, 3.05) is 38.1 Å². The molecule has 0 unspecified atom stereocenters. The number of aryl methyl sites for hydroxylation is 1. The van der Waals surface area contributed by atoms with E-state index in [1.807, 2.05) is 43.3 Å². The molecule has 0 bridgehead atoms. The van der Waals surface area contributed by atoms with E-state index in [-0.39, 0.29) is 11.7 Å². The summed E-state index contributed by atoms with van der Waals surface area (Å²) in [5, 5.41) is 6.96. The number of aromatic nitrogens is 2. The van der Waals surface area contributed by atoms with Crippen LogP contribution in [0.3, 0.4) is 0 Å². The molecule has 0 atom stereocenters. The van der Waals surface area contributed by atoms with E-state index in [1.54, 1.807) is 12.3 Å². The zero-order valence-electron chi connectivity index (χ0n) is 16.8. The van der Waals surface area contributed by atoms with Gasteiger partial charge in [-0.05, 0) is 20.0 Å². The number of carbonyl (C=O) groups is 1.